The Morgan fingerprint density at radius 3 is 2.24 bits per heavy atom. The van der Waals surface area contributed by atoms with E-state index in [1.54, 1.807) is 6.92 Å². The topological polar surface area (TPSA) is 66.4 Å². The summed E-state index contributed by atoms with van der Waals surface area (Å²) in [6, 6.07) is -1.18. The van der Waals surface area contributed by atoms with Crippen LogP contribution in [0.2, 0.25) is 0 Å². The Bertz CT molecular complexity index is 577. The quantitative estimate of drug-likeness (QED) is 0.499. The van der Waals surface area contributed by atoms with Crippen LogP contribution in [0.1, 0.15) is 30.6 Å². The smallest absolute Gasteiger partial charge is 0.326 e. The fourth-order valence-corrected chi connectivity index (χ4v) is 1.64. The average molecular weight is 307 g/mol. The molecule has 2 unspecified atom stereocenters. The van der Waals surface area contributed by atoms with Crippen LogP contribution in [0.3, 0.4) is 0 Å². The SMILES string of the molecule is CCC(C)C(NC(=O)c1cc(F)c(F)c(F)c1F)C(=O)O. The van der Waals surface area contributed by atoms with Crippen LogP contribution in [0.25, 0.3) is 0 Å². The summed E-state index contributed by atoms with van der Waals surface area (Å²) in [5.41, 5.74) is -1.10. The van der Waals surface area contributed by atoms with Crippen molar-refractivity contribution < 1.29 is 32.3 Å². The highest BCUT2D eigenvalue weighted by molar-refractivity contribution is 5.96. The lowest BCUT2D eigenvalue weighted by molar-refractivity contribution is -0.140. The standard InChI is InChI=1S/C13H13F4NO3/c1-3-5(2)11(13(20)21)18-12(19)6-4-7(14)9(16)10(17)8(6)15/h4-5,11H,3H2,1-2H3,(H,18,19)(H,20,21). The molecule has 0 fully saturated rings. The summed E-state index contributed by atoms with van der Waals surface area (Å²) >= 11 is 0. The van der Waals surface area contributed by atoms with Crippen LogP contribution in [0.5, 0.6) is 0 Å². The third-order valence-electron chi connectivity index (χ3n) is 3.11. The third-order valence-corrected chi connectivity index (χ3v) is 3.11. The maximum Gasteiger partial charge on any atom is 0.326 e. The molecule has 8 heteroatoms. The zero-order valence-corrected chi connectivity index (χ0v) is 11.2. The number of carboxylic acid groups (broad SMARTS) is 1. The second-order valence-corrected chi connectivity index (χ2v) is 4.52. The number of carboxylic acids is 1. The van der Waals surface area contributed by atoms with Crippen molar-refractivity contribution in [2.75, 3.05) is 0 Å². The van der Waals surface area contributed by atoms with E-state index >= 15 is 0 Å². The van der Waals surface area contributed by atoms with E-state index in [-0.39, 0.29) is 6.07 Å². The largest absolute Gasteiger partial charge is 0.480 e. The van der Waals surface area contributed by atoms with E-state index < -0.39 is 52.7 Å². The van der Waals surface area contributed by atoms with Crippen LogP contribution in [-0.4, -0.2) is 23.0 Å². The highest BCUT2D eigenvalue weighted by Crippen LogP contribution is 2.19. The zero-order chi connectivity index (χ0) is 16.3. The number of hydrogen-bond donors (Lipinski definition) is 2. The van der Waals surface area contributed by atoms with Crippen LogP contribution >= 0.6 is 0 Å². The summed E-state index contributed by atoms with van der Waals surface area (Å²) in [6.45, 7) is 3.20. The lowest BCUT2D eigenvalue weighted by Gasteiger charge is -2.20. The Morgan fingerprint density at radius 1 is 1.19 bits per heavy atom. The minimum absolute atomic E-state index is 0.179. The zero-order valence-electron chi connectivity index (χ0n) is 11.2. The van der Waals surface area contributed by atoms with Crippen molar-refractivity contribution >= 4 is 11.9 Å². The van der Waals surface area contributed by atoms with Gasteiger partial charge in [0.2, 0.25) is 0 Å². The fourth-order valence-electron chi connectivity index (χ4n) is 1.64. The van der Waals surface area contributed by atoms with E-state index in [0.717, 1.165) is 0 Å². The molecule has 4 nitrogen and oxygen atoms in total. The van der Waals surface area contributed by atoms with Gasteiger partial charge in [0.1, 0.15) is 6.04 Å². The summed E-state index contributed by atoms with van der Waals surface area (Å²) in [6.07, 6.45) is 0.395. The normalized spacial score (nSPS) is 13.6. The first-order valence-corrected chi connectivity index (χ1v) is 6.07. The van der Waals surface area contributed by atoms with Crippen LogP contribution in [0, 0.1) is 29.2 Å². The van der Waals surface area contributed by atoms with E-state index in [9.17, 15) is 27.2 Å². The van der Waals surface area contributed by atoms with E-state index in [1.807, 2.05) is 5.32 Å². The highest BCUT2D eigenvalue weighted by atomic mass is 19.2. The van der Waals surface area contributed by atoms with Gasteiger partial charge in [-0.05, 0) is 12.0 Å². The first-order valence-electron chi connectivity index (χ1n) is 6.07. The molecular formula is C13H13F4NO3. The molecule has 0 saturated carbocycles. The molecule has 21 heavy (non-hydrogen) atoms. The molecule has 1 aromatic rings. The van der Waals surface area contributed by atoms with Crippen molar-refractivity contribution in [2.45, 2.75) is 26.3 Å². The Labute approximate surface area is 117 Å². The van der Waals surface area contributed by atoms with Crippen molar-refractivity contribution in [3.63, 3.8) is 0 Å². The van der Waals surface area contributed by atoms with E-state index in [1.165, 1.54) is 6.92 Å². The van der Waals surface area contributed by atoms with Gasteiger partial charge in [-0.15, -0.1) is 0 Å². The van der Waals surface area contributed by atoms with Gasteiger partial charge in [-0.25, -0.2) is 22.4 Å². The number of hydrogen-bond acceptors (Lipinski definition) is 2. The van der Waals surface area contributed by atoms with Gasteiger partial charge in [0.05, 0.1) is 5.56 Å². The molecule has 0 aliphatic carbocycles. The average Bonchev–Trinajstić information content (AvgIpc) is 2.44. The Kier molecular flexibility index (Phi) is 5.28. The molecule has 0 bridgehead atoms. The van der Waals surface area contributed by atoms with Gasteiger partial charge in [0.15, 0.2) is 23.3 Å². The van der Waals surface area contributed by atoms with E-state index in [0.29, 0.717) is 6.42 Å². The summed E-state index contributed by atoms with van der Waals surface area (Å²) in [5, 5.41) is 10.9. The first-order chi connectivity index (χ1) is 9.70. The minimum Gasteiger partial charge on any atom is -0.480 e. The second kappa shape index (κ2) is 6.55. The summed E-state index contributed by atoms with van der Waals surface area (Å²) < 4.78 is 52.3. The van der Waals surface area contributed by atoms with E-state index in [2.05, 4.69) is 0 Å². The molecule has 116 valence electrons. The third kappa shape index (κ3) is 3.50. The predicted octanol–water partition coefficient (Wildman–Crippen LogP) is 2.47. The van der Waals surface area contributed by atoms with Crippen LogP contribution < -0.4 is 5.32 Å². The molecule has 0 heterocycles. The van der Waals surface area contributed by atoms with Crippen molar-refractivity contribution in [2.24, 2.45) is 5.92 Å². The lowest BCUT2D eigenvalue weighted by atomic mass is 9.99. The molecule has 0 spiro atoms. The Balaban J connectivity index is 3.12. The highest BCUT2D eigenvalue weighted by Gasteiger charge is 2.29. The maximum absolute atomic E-state index is 13.4. The van der Waals surface area contributed by atoms with Gasteiger partial charge in [0, 0.05) is 0 Å². The molecule has 0 aliphatic heterocycles. The first kappa shape index (κ1) is 16.9. The van der Waals surface area contributed by atoms with Gasteiger partial charge in [-0.2, -0.15) is 0 Å². The van der Waals surface area contributed by atoms with Gasteiger partial charge in [0.25, 0.3) is 5.91 Å². The van der Waals surface area contributed by atoms with Crippen molar-refractivity contribution in [3.8, 4) is 0 Å². The number of rotatable bonds is 5. The molecular weight excluding hydrogens is 294 g/mol. The molecule has 1 rings (SSSR count). The van der Waals surface area contributed by atoms with Gasteiger partial charge in [-0.1, -0.05) is 20.3 Å². The molecule has 0 saturated heterocycles. The molecule has 2 N–H and O–H groups in total. The lowest BCUT2D eigenvalue weighted by Crippen LogP contribution is -2.45. The number of carbonyl (C=O) groups is 2. The minimum atomic E-state index is -2.13. The number of halogens is 4. The number of benzene rings is 1. The molecule has 0 aliphatic rings. The Morgan fingerprint density at radius 2 is 1.76 bits per heavy atom. The molecule has 1 aromatic carbocycles. The molecule has 0 radical (unpaired) electrons. The predicted molar refractivity (Wildman–Crippen MR) is 64.6 cm³/mol. The van der Waals surface area contributed by atoms with Crippen LogP contribution in [-0.2, 0) is 4.79 Å². The number of carbonyl (C=O) groups excluding carboxylic acids is 1. The summed E-state index contributed by atoms with van der Waals surface area (Å²) in [4.78, 5) is 22.8. The van der Waals surface area contributed by atoms with Gasteiger partial charge >= 0.3 is 5.97 Å². The second-order valence-electron chi connectivity index (χ2n) is 4.52. The number of nitrogens with one attached hydrogen (secondary N) is 1. The van der Waals surface area contributed by atoms with Crippen molar-refractivity contribution in [3.05, 3.63) is 34.9 Å². The molecule has 1 amide bonds. The number of amides is 1. The van der Waals surface area contributed by atoms with Gasteiger partial charge < -0.3 is 10.4 Å². The van der Waals surface area contributed by atoms with Crippen LogP contribution in [0.4, 0.5) is 17.6 Å². The van der Waals surface area contributed by atoms with Crippen LogP contribution in [0.15, 0.2) is 6.07 Å². The Hall–Kier alpha value is -2.12. The van der Waals surface area contributed by atoms with Crippen molar-refractivity contribution in [1.29, 1.82) is 0 Å². The number of aliphatic carboxylic acids is 1. The maximum atomic E-state index is 13.4. The fraction of sp³-hybridized carbons (Fsp3) is 0.385. The molecule has 2 atom stereocenters. The van der Waals surface area contributed by atoms with Crippen molar-refractivity contribution in [1.82, 2.24) is 5.32 Å². The van der Waals surface area contributed by atoms with E-state index in [4.69, 9.17) is 5.11 Å². The summed E-state index contributed by atoms with van der Waals surface area (Å²) in [5.74, 6) is -11.0. The monoisotopic (exact) mass is 307 g/mol. The summed E-state index contributed by atoms with van der Waals surface area (Å²) in [7, 11) is 0. The van der Waals surface area contributed by atoms with Gasteiger partial charge in [-0.3, -0.25) is 4.79 Å². The molecule has 0 aromatic heterocycles.